The molecule has 3 rings (SSSR count). The summed E-state index contributed by atoms with van der Waals surface area (Å²) >= 11 is 0. The van der Waals surface area contributed by atoms with Crippen LogP contribution < -0.4 is 0 Å². The topological polar surface area (TPSA) is 30.3 Å². The van der Waals surface area contributed by atoms with Gasteiger partial charge in [0.1, 0.15) is 11.9 Å². The molecule has 2 aliphatic rings. The Kier molecular flexibility index (Phi) is 4.00. The Bertz CT molecular complexity index is 523. The average Bonchev–Trinajstić information content (AvgIpc) is 2.80. The summed E-state index contributed by atoms with van der Waals surface area (Å²) in [4.78, 5) is 4.91. The summed E-state index contributed by atoms with van der Waals surface area (Å²) in [6.45, 7) is 5.05. The van der Waals surface area contributed by atoms with E-state index in [1.165, 1.54) is 25.9 Å². The first kappa shape index (κ1) is 13.5. The van der Waals surface area contributed by atoms with Crippen molar-refractivity contribution < 1.29 is 4.39 Å². The molecule has 0 amide bonds. The third-order valence-electron chi connectivity index (χ3n) is 4.48. The second kappa shape index (κ2) is 5.90. The van der Waals surface area contributed by atoms with Gasteiger partial charge in [0.2, 0.25) is 0 Å². The smallest absolute Gasteiger partial charge is 0.145 e. The highest BCUT2D eigenvalue weighted by atomic mass is 19.1. The molecule has 2 heterocycles. The fraction of sp³-hybridized carbons (Fsp3) is 0.562. The molecule has 20 heavy (non-hydrogen) atoms. The predicted octanol–water partition coefficient (Wildman–Crippen LogP) is 2.37. The molecule has 4 heteroatoms. The van der Waals surface area contributed by atoms with Gasteiger partial charge in [-0.15, -0.1) is 0 Å². The standard InChI is InChI=1S/C16H20FN3/c17-16-13(10-18)4-1-5-14(16)11-19-7-3-9-20-8-2-6-15(20)12-19/h1,4-5,15H,2-3,6-9,11-12H2. The number of fused-ring (bicyclic) bond motifs is 1. The number of nitriles is 1. The van der Waals surface area contributed by atoms with Gasteiger partial charge in [-0.1, -0.05) is 12.1 Å². The molecule has 0 aromatic heterocycles. The van der Waals surface area contributed by atoms with Crippen LogP contribution in [-0.2, 0) is 6.54 Å². The molecule has 106 valence electrons. The van der Waals surface area contributed by atoms with E-state index in [9.17, 15) is 4.39 Å². The van der Waals surface area contributed by atoms with Crippen molar-refractivity contribution in [3.05, 3.63) is 35.1 Å². The normalized spacial score (nSPS) is 24.1. The van der Waals surface area contributed by atoms with E-state index in [1.807, 2.05) is 6.07 Å². The molecule has 1 aromatic carbocycles. The summed E-state index contributed by atoms with van der Waals surface area (Å²) < 4.78 is 14.1. The number of hydrogen-bond donors (Lipinski definition) is 0. The van der Waals surface area contributed by atoms with E-state index in [0.717, 1.165) is 19.5 Å². The summed E-state index contributed by atoms with van der Waals surface area (Å²) in [7, 11) is 0. The minimum Gasteiger partial charge on any atom is -0.299 e. The number of halogens is 1. The number of nitrogens with zero attached hydrogens (tertiary/aromatic N) is 3. The third-order valence-corrected chi connectivity index (χ3v) is 4.48. The van der Waals surface area contributed by atoms with E-state index in [-0.39, 0.29) is 11.4 Å². The molecule has 2 saturated heterocycles. The first-order valence-electron chi connectivity index (χ1n) is 7.42. The summed E-state index contributed by atoms with van der Waals surface area (Å²) in [6.07, 6.45) is 3.70. The van der Waals surface area contributed by atoms with Crippen LogP contribution in [0.5, 0.6) is 0 Å². The SMILES string of the molecule is N#Cc1cccc(CN2CCCN3CCCC3C2)c1F. The summed E-state index contributed by atoms with van der Waals surface area (Å²) in [5.41, 5.74) is 0.801. The molecule has 0 radical (unpaired) electrons. The van der Waals surface area contributed by atoms with Gasteiger partial charge in [-0.2, -0.15) is 5.26 Å². The van der Waals surface area contributed by atoms with E-state index >= 15 is 0 Å². The van der Waals surface area contributed by atoms with E-state index in [2.05, 4.69) is 9.80 Å². The molecular formula is C16H20FN3. The van der Waals surface area contributed by atoms with Crippen molar-refractivity contribution in [2.45, 2.75) is 31.8 Å². The Hall–Kier alpha value is -1.44. The maximum absolute atomic E-state index is 14.1. The lowest BCUT2D eigenvalue weighted by atomic mass is 10.1. The first-order valence-corrected chi connectivity index (χ1v) is 7.42. The van der Waals surface area contributed by atoms with Gasteiger partial charge in [0.15, 0.2) is 0 Å². The van der Waals surface area contributed by atoms with Crippen LogP contribution in [0.25, 0.3) is 0 Å². The molecule has 0 aliphatic carbocycles. The Balaban J connectivity index is 1.72. The van der Waals surface area contributed by atoms with Crippen molar-refractivity contribution in [2.75, 3.05) is 26.2 Å². The summed E-state index contributed by atoms with van der Waals surface area (Å²) in [5, 5.41) is 8.91. The Morgan fingerprint density at radius 1 is 1.25 bits per heavy atom. The molecule has 0 bridgehead atoms. The monoisotopic (exact) mass is 273 g/mol. The van der Waals surface area contributed by atoms with Crippen molar-refractivity contribution in [2.24, 2.45) is 0 Å². The highest BCUT2D eigenvalue weighted by Gasteiger charge is 2.28. The van der Waals surface area contributed by atoms with Crippen LogP contribution >= 0.6 is 0 Å². The van der Waals surface area contributed by atoms with Crippen molar-refractivity contribution in [3.8, 4) is 6.07 Å². The van der Waals surface area contributed by atoms with Gasteiger partial charge in [-0.05, 0) is 45.0 Å². The summed E-state index contributed by atoms with van der Waals surface area (Å²) in [5.74, 6) is -0.345. The van der Waals surface area contributed by atoms with Gasteiger partial charge in [0, 0.05) is 24.7 Å². The largest absolute Gasteiger partial charge is 0.299 e. The van der Waals surface area contributed by atoms with E-state index < -0.39 is 0 Å². The number of benzene rings is 1. The Morgan fingerprint density at radius 3 is 2.95 bits per heavy atom. The fourth-order valence-corrected chi connectivity index (χ4v) is 3.46. The molecule has 1 aromatic rings. The molecule has 3 nitrogen and oxygen atoms in total. The maximum Gasteiger partial charge on any atom is 0.145 e. The van der Waals surface area contributed by atoms with E-state index in [0.29, 0.717) is 18.2 Å². The van der Waals surface area contributed by atoms with Crippen LogP contribution in [0.3, 0.4) is 0 Å². The van der Waals surface area contributed by atoms with E-state index in [1.54, 1.807) is 18.2 Å². The van der Waals surface area contributed by atoms with Crippen LogP contribution in [0.2, 0.25) is 0 Å². The average molecular weight is 273 g/mol. The Labute approximate surface area is 119 Å². The molecule has 0 N–H and O–H groups in total. The lowest BCUT2D eigenvalue weighted by Gasteiger charge is -2.25. The molecule has 2 aliphatic heterocycles. The van der Waals surface area contributed by atoms with E-state index in [4.69, 9.17) is 5.26 Å². The predicted molar refractivity (Wildman–Crippen MR) is 75.6 cm³/mol. The minimum atomic E-state index is -0.345. The van der Waals surface area contributed by atoms with Crippen molar-refractivity contribution >= 4 is 0 Å². The fourth-order valence-electron chi connectivity index (χ4n) is 3.46. The Morgan fingerprint density at radius 2 is 2.10 bits per heavy atom. The van der Waals surface area contributed by atoms with Gasteiger partial charge in [-0.3, -0.25) is 9.80 Å². The minimum absolute atomic E-state index is 0.153. The maximum atomic E-state index is 14.1. The van der Waals surface area contributed by atoms with Crippen LogP contribution in [0.4, 0.5) is 4.39 Å². The first-order chi connectivity index (χ1) is 9.78. The van der Waals surface area contributed by atoms with Gasteiger partial charge in [-0.25, -0.2) is 4.39 Å². The second-order valence-electron chi connectivity index (χ2n) is 5.81. The lowest BCUT2D eigenvalue weighted by molar-refractivity contribution is 0.214. The molecule has 0 spiro atoms. The van der Waals surface area contributed by atoms with Crippen LogP contribution in [0.15, 0.2) is 18.2 Å². The zero-order chi connectivity index (χ0) is 13.9. The molecule has 0 saturated carbocycles. The number of rotatable bonds is 2. The van der Waals surface area contributed by atoms with Crippen LogP contribution in [0.1, 0.15) is 30.4 Å². The van der Waals surface area contributed by atoms with Crippen LogP contribution in [-0.4, -0.2) is 42.0 Å². The quantitative estimate of drug-likeness (QED) is 0.828. The van der Waals surface area contributed by atoms with Crippen molar-refractivity contribution in [3.63, 3.8) is 0 Å². The third kappa shape index (κ3) is 2.70. The van der Waals surface area contributed by atoms with Gasteiger partial charge >= 0.3 is 0 Å². The summed E-state index contributed by atoms with van der Waals surface area (Å²) in [6, 6.07) is 7.67. The van der Waals surface area contributed by atoms with Gasteiger partial charge < -0.3 is 0 Å². The number of hydrogen-bond acceptors (Lipinski definition) is 3. The van der Waals surface area contributed by atoms with Gasteiger partial charge in [0.05, 0.1) is 5.56 Å². The molecule has 1 unspecified atom stereocenters. The molecular weight excluding hydrogens is 253 g/mol. The highest BCUT2D eigenvalue weighted by Crippen LogP contribution is 2.23. The lowest BCUT2D eigenvalue weighted by Crippen LogP contribution is -2.36. The molecule has 2 fully saturated rings. The van der Waals surface area contributed by atoms with Gasteiger partial charge in [0.25, 0.3) is 0 Å². The van der Waals surface area contributed by atoms with Crippen molar-refractivity contribution in [1.82, 2.24) is 9.80 Å². The zero-order valence-corrected chi connectivity index (χ0v) is 11.7. The molecule has 1 atom stereocenters. The van der Waals surface area contributed by atoms with Crippen molar-refractivity contribution in [1.29, 1.82) is 5.26 Å². The highest BCUT2D eigenvalue weighted by molar-refractivity contribution is 5.34. The zero-order valence-electron chi connectivity index (χ0n) is 11.7. The second-order valence-corrected chi connectivity index (χ2v) is 5.81. The van der Waals surface area contributed by atoms with Crippen LogP contribution in [0, 0.1) is 17.1 Å².